The lowest BCUT2D eigenvalue weighted by atomic mass is 9.90. The number of phenolic OH excluding ortho intramolecular Hbond substituents is 1. The summed E-state index contributed by atoms with van der Waals surface area (Å²) >= 11 is 0. The van der Waals surface area contributed by atoms with Crippen LogP contribution >= 0.6 is 0 Å². The number of aromatic hydroxyl groups is 1. The molecule has 0 bridgehead atoms. The first-order valence-corrected chi connectivity index (χ1v) is 7.31. The van der Waals surface area contributed by atoms with Crippen LogP contribution in [-0.4, -0.2) is 42.6 Å². The topological polar surface area (TPSA) is 97.9 Å². The first kappa shape index (κ1) is 13.6. The molecule has 0 radical (unpaired) electrons. The number of aromatic nitrogens is 4. The maximum atomic E-state index is 12.6. The van der Waals surface area contributed by atoms with Gasteiger partial charge in [-0.15, -0.1) is 0 Å². The van der Waals surface area contributed by atoms with Crippen molar-refractivity contribution in [1.29, 1.82) is 0 Å². The highest BCUT2D eigenvalue weighted by molar-refractivity contribution is 5.93. The number of hydrogen-bond acceptors (Lipinski definition) is 4. The van der Waals surface area contributed by atoms with Crippen molar-refractivity contribution in [2.75, 3.05) is 6.54 Å². The Morgan fingerprint density at radius 3 is 3.09 bits per heavy atom. The zero-order valence-corrected chi connectivity index (χ0v) is 12.2. The van der Waals surface area contributed by atoms with Crippen molar-refractivity contribution in [2.24, 2.45) is 0 Å². The fourth-order valence-corrected chi connectivity index (χ4v) is 3.03. The summed E-state index contributed by atoms with van der Waals surface area (Å²) in [6.07, 6.45) is 4.76. The average molecular weight is 309 g/mol. The number of imidazole rings is 1. The molecule has 116 valence electrons. The van der Waals surface area contributed by atoms with Crippen LogP contribution in [0.15, 0.2) is 43.0 Å². The highest BCUT2D eigenvalue weighted by Crippen LogP contribution is 2.33. The smallest absolute Gasteiger partial charge is 0.257 e. The number of phenols is 1. The van der Waals surface area contributed by atoms with Gasteiger partial charge in [0.15, 0.2) is 0 Å². The molecule has 1 aliphatic rings. The normalized spacial score (nSPS) is 17.0. The minimum atomic E-state index is -0.0795. The molecular weight excluding hydrogens is 294 g/mol. The van der Waals surface area contributed by atoms with E-state index in [1.807, 2.05) is 6.07 Å². The molecule has 0 aliphatic carbocycles. The summed E-state index contributed by atoms with van der Waals surface area (Å²) in [5.41, 5.74) is 3.30. The molecule has 3 aromatic rings. The third kappa shape index (κ3) is 2.36. The molecule has 1 atom stereocenters. The van der Waals surface area contributed by atoms with Crippen molar-refractivity contribution >= 4 is 5.91 Å². The number of H-pyrrole nitrogens is 2. The summed E-state index contributed by atoms with van der Waals surface area (Å²) in [5, 5.41) is 16.2. The highest BCUT2D eigenvalue weighted by atomic mass is 16.3. The Morgan fingerprint density at radius 2 is 2.30 bits per heavy atom. The van der Waals surface area contributed by atoms with Gasteiger partial charge in [0.2, 0.25) is 0 Å². The molecule has 0 saturated heterocycles. The maximum Gasteiger partial charge on any atom is 0.257 e. The van der Waals surface area contributed by atoms with Gasteiger partial charge >= 0.3 is 0 Å². The maximum absolute atomic E-state index is 12.6. The molecule has 2 aromatic heterocycles. The van der Waals surface area contributed by atoms with Crippen molar-refractivity contribution in [1.82, 2.24) is 25.1 Å². The minimum absolute atomic E-state index is 0.0760. The summed E-state index contributed by atoms with van der Waals surface area (Å²) in [5.74, 6) is 0.0509. The second-order valence-electron chi connectivity index (χ2n) is 5.59. The number of nitrogens with zero attached hydrogens (tertiary/aromatic N) is 3. The summed E-state index contributed by atoms with van der Waals surface area (Å²) in [6.45, 7) is 0.986. The Kier molecular flexibility index (Phi) is 3.11. The molecule has 0 saturated carbocycles. The number of carbonyl (C=O) groups excluding carboxylic acids is 1. The average Bonchev–Trinajstić information content (AvgIpc) is 3.24. The molecule has 1 aromatic carbocycles. The number of benzene rings is 1. The van der Waals surface area contributed by atoms with E-state index in [1.165, 1.54) is 6.20 Å². The zero-order chi connectivity index (χ0) is 15.8. The van der Waals surface area contributed by atoms with Gasteiger partial charge in [-0.05, 0) is 17.7 Å². The van der Waals surface area contributed by atoms with E-state index in [2.05, 4.69) is 20.2 Å². The number of amides is 1. The molecule has 1 aliphatic heterocycles. The van der Waals surface area contributed by atoms with Crippen LogP contribution in [-0.2, 0) is 6.54 Å². The SMILES string of the molecule is O=C(c1cn[nH]c1)N1Cc2[nH]cnc2C(c2cccc(O)c2)C1. The number of fused-ring (bicyclic) bond motifs is 1. The van der Waals surface area contributed by atoms with Crippen LogP contribution in [0.5, 0.6) is 5.75 Å². The third-order valence-corrected chi connectivity index (χ3v) is 4.14. The van der Waals surface area contributed by atoms with E-state index in [0.29, 0.717) is 18.7 Å². The Hall–Kier alpha value is -3.09. The van der Waals surface area contributed by atoms with Gasteiger partial charge in [0.25, 0.3) is 5.91 Å². The number of rotatable bonds is 2. The molecule has 3 N–H and O–H groups in total. The molecule has 1 unspecified atom stereocenters. The van der Waals surface area contributed by atoms with Crippen molar-refractivity contribution in [2.45, 2.75) is 12.5 Å². The van der Waals surface area contributed by atoms with Crippen LogP contribution in [0.1, 0.15) is 33.2 Å². The van der Waals surface area contributed by atoms with Crippen LogP contribution in [0.4, 0.5) is 0 Å². The van der Waals surface area contributed by atoms with E-state index in [4.69, 9.17) is 0 Å². The summed E-state index contributed by atoms with van der Waals surface area (Å²) in [4.78, 5) is 21.9. The molecule has 23 heavy (non-hydrogen) atoms. The first-order chi connectivity index (χ1) is 11.2. The van der Waals surface area contributed by atoms with Gasteiger partial charge in [-0.3, -0.25) is 9.89 Å². The highest BCUT2D eigenvalue weighted by Gasteiger charge is 2.32. The summed E-state index contributed by atoms with van der Waals surface area (Å²) in [7, 11) is 0. The van der Waals surface area contributed by atoms with Crippen LogP contribution in [0.25, 0.3) is 0 Å². The second-order valence-corrected chi connectivity index (χ2v) is 5.59. The molecule has 0 fully saturated rings. The fourth-order valence-electron chi connectivity index (χ4n) is 3.03. The molecule has 1 amide bonds. The number of nitrogens with one attached hydrogen (secondary N) is 2. The van der Waals surface area contributed by atoms with Crippen LogP contribution in [0, 0.1) is 0 Å². The quantitative estimate of drug-likeness (QED) is 0.670. The van der Waals surface area contributed by atoms with Crippen LogP contribution in [0.3, 0.4) is 0 Å². The van der Waals surface area contributed by atoms with E-state index in [0.717, 1.165) is 17.0 Å². The second kappa shape index (κ2) is 5.28. The van der Waals surface area contributed by atoms with E-state index in [1.54, 1.807) is 35.6 Å². The minimum Gasteiger partial charge on any atom is -0.508 e. The molecule has 7 nitrogen and oxygen atoms in total. The van der Waals surface area contributed by atoms with Gasteiger partial charge in [0.05, 0.1) is 36.0 Å². The Morgan fingerprint density at radius 1 is 1.39 bits per heavy atom. The van der Waals surface area contributed by atoms with Gasteiger partial charge in [0.1, 0.15) is 5.75 Å². The van der Waals surface area contributed by atoms with Gasteiger partial charge in [-0.2, -0.15) is 5.10 Å². The predicted octanol–water partition coefficient (Wildman–Crippen LogP) is 1.63. The van der Waals surface area contributed by atoms with E-state index < -0.39 is 0 Å². The number of carbonyl (C=O) groups is 1. The number of hydrogen-bond donors (Lipinski definition) is 3. The fraction of sp³-hybridized carbons (Fsp3) is 0.188. The first-order valence-electron chi connectivity index (χ1n) is 7.31. The Bertz CT molecular complexity index is 840. The Balaban J connectivity index is 1.71. The standard InChI is InChI=1S/C16H15N5O2/c22-12-3-1-2-10(4-12)13-7-21(8-14-15(13)18-9-17-14)16(23)11-5-19-20-6-11/h1-6,9,13,22H,7-8H2,(H,17,18)(H,19,20). The van der Waals surface area contributed by atoms with Crippen LogP contribution < -0.4 is 0 Å². The lowest BCUT2D eigenvalue weighted by molar-refractivity contribution is 0.0722. The van der Waals surface area contributed by atoms with Gasteiger partial charge in [-0.25, -0.2) is 4.98 Å². The molecule has 7 heteroatoms. The Labute approximate surface area is 132 Å². The van der Waals surface area contributed by atoms with Crippen molar-refractivity contribution in [3.63, 3.8) is 0 Å². The molecule has 0 spiro atoms. The third-order valence-electron chi connectivity index (χ3n) is 4.14. The van der Waals surface area contributed by atoms with Crippen LogP contribution in [0.2, 0.25) is 0 Å². The van der Waals surface area contributed by atoms with E-state index in [9.17, 15) is 9.90 Å². The number of aromatic amines is 2. The lowest BCUT2D eigenvalue weighted by Gasteiger charge is -2.32. The van der Waals surface area contributed by atoms with Gasteiger partial charge in [0, 0.05) is 18.7 Å². The van der Waals surface area contributed by atoms with Crippen molar-refractivity contribution in [3.05, 3.63) is 65.5 Å². The van der Waals surface area contributed by atoms with Crippen molar-refractivity contribution in [3.8, 4) is 5.75 Å². The zero-order valence-electron chi connectivity index (χ0n) is 12.2. The lowest BCUT2D eigenvalue weighted by Crippen LogP contribution is -2.38. The van der Waals surface area contributed by atoms with E-state index >= 15 is 0 Å². The van der Waals surface area contributed by atoms with E-state index in [-0.39, 0.29) is 17.6 Å². The van der Waals surface area contributed by atoms with Gasteiger partial charge in [-0.1, -0.05) is 12.1 Å². The van der Waals surface area contributed by atoms with Crippen molar-refractivity contribution < 1.29 is 9.90 Å². The molecule has 3 heterocycles. The monoisotopic (exact) mass is 309 g/mol. The predicted molar refractivity (Wildman–Crippen MR) is 81.9 cm³/mol. The largest absolute Gasteiger partial charge is 0.508 e. The summed E-state index contributed by atoms with van der Waals surface area (Å²) < 4.78 is 0. The molecular formula is C16H15N5O2. The van der Waals surface area contributed by atoms with Gasteiger partial charge < -0.3 is 15.0 Å². The molecule has 4 rings (SSSR count). The summed E-state index contributed by atoms with van der Waals surface area (Å²) in [6, 6.07) is 7.09.